The number of ether oxygens (including phenoxy) is 2. The van der Waals surface area contributed by atoms with Gasteiger partial charge in [-0.3, -0.25) is 0 Å². The van der Waals surface area contributed by atoms with E-state index in [0.29, 0.717) is 0 Å². The van der Waals surface area contributed by atoms with Gasteiger partial charge in [-0.1, -0.05) is 6.58 Å². The highest BCUT2D eigenvalue weighted by Gasteiger charge is 2.14. The molecular formula is C8H5ClO4. The molecule has 0 amide bonds. The zero-order valence-electron chi connectivity index (χ0n) is 6.45. The maximum atomic E-state index is 10.8. The summed E-state index contributed by atoms with van der Waals surface area (Å²) >= 11 is 5.47. The van der Waals surface area contributed by atoms with Crippen LogP contribution in [0.25, 0.3) is 0 Å². The van der Waals surface area contributed by atoms with E-state index >= 15 is 0 Å². The summed E-state index contributed by atoms with van der Waals surface area (Å²) in [5, 5.41) is -0.308. The number of cyclic esters (lactones) is 2. The van der Waals surface area contributed by atoms with E-state index in [2.05, 4.69) is 16.1 Å². The first kappa shape index (κ1) is 9.54. The molecule has 1 heterocycles. The Morgan fingerprint density at radius 3 is 2.31 bits per heavy atom. The number of rotatable bonds is 1. The number of hydrogen-bond donors (Lipinski definition) is 0. The number of halogens is 1. The lowest BCUT2D eigenvalue weighted by molar-refractivity contribution is -0.138. The van der Waals surface area contributed by atoms with E-state index in [1.165, 1.54) is 6.08 Å². The largest absolute Gasteiger partial charge is 0.418 e. The van der Waals surface area contributed by atoms with Gasteiger partial charge in [0.1, 0.15) is 0 Å². The molecule has 13 heavy (non-hydrogen) atoms. The van der Waals surface area contributed by atoms with E-state index in [1.807, 2.05) is 0 Å². The normalized spacial score (nSPS) is 25.3. The predicted molar refractivity (Wildman–Crippen MR) is 44.4 cm³/mol. The molecule has 68 valence electrons. The summed E-state index contributed by atoms with van der Waals surface area (Å²) in [6.45, 7) is 3.33. The minimum atomic E-state index is -0.735. The Morgan fingerprint density at radius 1 is 1.23 bits per heavy atom. The van der Waals surface area contributed by atoms with Crippen LogP contribution in [0.4, 0.5) is 0 Å². The highest BCUT2D eigenvalue weighted by Crippen LogP contribution is 2.16. The molecule has 0 N–H and O–H groups in total. The van der Waals surface area contributed by atoms with Gasteiger partial charge < -0.3 is 9.47 Å². The van der Waals surface area contributed by atoms with E-state index < -0.39 is 11.9 Å². The van der Waals surface area contributed by atoms with Crippen molar-refractivity contribution in [3.63, 3.8) is 0 Å². The first-order valence-corrected chi connectivity index (χ1v) is 3.65. The fourth-order valence-corrected chi connectivity index (χ4v) is 0.805. The van der Waals surface area contributed by atoms with Crippen molar-refractivity contribution >= 4 is 23.5 Å². The summed E-state index contributed by atoms with van der Waals surface area (Å²) in [6, 6.07) is 0. The second-order valence-corrected chi connectivity index (χ2v) is 2.36. The standard InChI is InChI=1S/C8H5ClO4/c1-2-5-8(9)13-7(11)4-3-6(10)12-5/h2-4H,1H2/b4-3-,8-5-. The Hall–Kier alpha value is -1.55. The smallest absolute Gasteiger partial charge is 0.337 e. The van der Waals surface area contributed by atoms with Crippen LogP contribution in [0.15, 0.2) is 35.8 Å². The minimum absolute atomic E-state index is 0.0793. The lowest BCUT2D eigenvalue weighted by Crippen LogP contribution is -2.09. The predicted octanol–water partition coefficient (Wildman–Crippen LogP) is 1.24. The van der Waals surface area contributed by atoms with Crippen LogP contribution in [0.1, 0.15) is 0 Å². The topological polar surface area (TPSA) is 52.6 Å². The monoisotopic (exact) mass is 200 g/mol. The van der Waals surface area contributed by atoms with Crippen LogP contribution < -0.4 is 0 Å². The van der Waals surface area contributed by atoms with Crippen molar-refractivity contribution in [2.24, 2.45) is 0 Å². The summed E-state index contributed by atoms with van der Waals surface area (Å²) in [5.74, 6) is -1.52. The van der Waals surface area contributed by atoms with E-state index in [4.69, 9.17) is 11.6 Å². The Bertz CT molecular complexity index is 327. The fourth-order valence-electron chi connectivity index (χ4n) is 0.613. The molecule has 0 bridgehead atoms. The number of esters is 2. The average Bonchev–Trinajstić information content (AvgIpc) is 2.08. The Morgan fingerprint density at radius 2 is 1.77 bits per heavy atom. The Kier molecular flexibility index (Phi) is 2.87. The van der Waals surface area contributed by atoms with Crippen LogP contribution in [0.5, 0.6) is 0 Å². The first-order chi connectivity index (χ1) is 6.13. The van der Waals surface area contributed by atoms with Gasteiger partial charge in [-0.2, -0.15) is 0 Å². The third-order valence-electron chi connectivity index (χ3n) is 1.14. The number of allylic oxidation sites excluding steroid dienone is 1. The van der Waals surface area contributed by atoms with Gasteiger partial charge in [0, 0.05) is 12.2 Å². The molecule has 0 radical (unpaired) electrons. The van der Waals surface area contributed by atoms with Gasteiger partial charge in [0.15, 0.2) is 5.76 Å². The van der Waals surface area contributed by atoms with Crippen LogP contribution in [-0.2, 0) is 19.1 Å². The fraction of sp³-hybridized carbons (Fsp3) is 0. The Labute approximate surface area is 79.1 Å². The lowest BCUT2D eigenvalue weighted by atomic mass is 10.4. The summed E-state index contributed by atoms with van der Waals surface area (Å²) in [7, 11) is 0. The lowest BCUT2D eigenvalue weighted by Gasteiger charge is -2.07. The molecule has 0 saturated heterocycles. The quantitative estimate of drug-likeness (QED) is 0.598. The second-order valence-electron chi connectivity index (χ2n) is 2.02. The highest BCUT2D eigenvalue weighted by molar-refractivity contribution is 6.29. The van der Waals surface area contributed by atoms with Gasteiger partial charge in [-0.25, -0.2) is 9.59 Å². The molecule has 0 aliphatic carbocycles. The van der Waals surface area contributed by atoms with Gasteiger partial charge in [0.25, 0.3) is 0 Å². The molecule has 0 spiro atoms. The number of hydrogen-bond acceptors (Lipinski definition) is 4. The minimum Gasteiger partial charge on any atom is -0.418 e. The van der Waals surface area contributed by atoms with E-state index in [1.54, 1.807) is 0 Å². The molecule has 1 aliphatic heterocycles. The molecule has 0 aromatic heterocycles. The molecule has 1 rings (SSSR count). The maximum absolute atomic E-state index is 10.8. The summed E-state index contributed by atoms with van der Waals surface area (Å²) in [4.78, 5) is 21.6. The van der Waals surface area contributed by atoms with Gasteiger partial charge in [0.2, 0.25) is 5.22 Å². The molecule has 0 fully saturated rings. The van der Waals surface area contributed by atoms with Crippen LogP contribution >= 0.6 is 11.6 Å². The molecular weight excluding hydrogens is 196 g/mol. The van der Waals surface area contributed by atoms with E-state index in [0.717, 1.165) is 12.2 Å². The van der Waals surface area contributed by atoms with E-state index in [9.17, 15) is 9.59 Å². The third-order valence-corrected chi connectivity index (χ3v) is 1.40. The zero-order chi connectivity index (χ0) is 9.84. The van der Waals surface area contributed by atoms with Crippen LogP contribution in [0.3, 0.4) is 0 Å². The SMILES string of the molecule is C=C/C1=C(\Cl)OC(=O)/C=C\C(=O)O1. The van der Waals surface area contributed by atoms with Crippen LogP contribution in [-0.4, -0.2) is 11.9 Å². The molecule has 1 aliphatic rings. The van der Waals surface area contributed by atoms with Gasteiger partial charge >= 0.3 is 11.9 Å². The van der Waals surface area contributed by atoms with Crippen molar-refractivity contribution in [2.45, 2.75) is 0 Å². The molecule has 0 saturated carbocycles. The van der Waals surface area contributed by atoms with Crippen molar-refractivity contribution in [3.05, 3.63) is 35.8 Å². The van der Waals surface area contributed by atoms with Crippen molar-refractivity contribution < 1.29 is 19.1 Å². The van der Waals surface area contributed by atoms with Crippen LogP contribution in [0, 0.1) is 0 Å². The zero-order valence-corrected chi connectivity index (χ0v) is 7.21. The van der Waals surface area contributed by atoms with Gasteiger partial charge in [-0.05, 0) is 17.7 Å². The summed E-state index contributed by atoms with van der Waals surface area (Å²) < 4.78 is 9.14. The number of carbonyl (C=O) groups excluding carboxylic acids is 2. The van der Waals surface area contributed by atoms with Crippen molar-refractivity contribution in [1.29, 1.82) is 0 Å². The highest BCUT2D eigenvalue weighted by atomic mass is 35.5. The van der Waals surface area contributed by atoms with Crippen molar-refractivity contribution in [3.8, 4) is 0 Å². The summed E-state index contributed by atoms with van der Waals surface area (Å²) in [5.41, 5.74) is 0. The van der Waals surface area contributed by atoms with E-state index in [-0.39, 0.29) is 11.0 Å². The number of carbonyl (C=O) groups is 2. The molecule has 0 aromatic carbocycles. The van der Waals surface area contributed by atoms with Gasteiger partial charge in [-0.15, -0.1) is 0 Å². The van der Waals surface area contributed by atoms with Gasteiger partial charge in [0.05, 0.1) is 0 Å². The maximum Gasteiger partial charge on any atom is 0.337 e. The molecule has 0 atom stereocenters. The van der Waals surface area contributed by atoms with Crippen molar-refractivity contribution in [1.82, 2.24) is 0 Å². The molecule has 0 aromatic rings. The van der Waals surface area contributed by atoms with Crippen molar-refractivity contribution in [2.75, 3.05) is 0 Å². The third kappa shape index (κ3) is 2.45. The van der Waals surface area contributed by atoms with Crippen LogP contribution in [0.2, 0.25) is 0 Å². The molecule has 0 unspecified atom stereocenters. The first-order valence-electron chi connectivity index (χ1n) is 3.27. The molecule has 5 heteroatoms. The molecule has 4 nitrogen and oxygen atoms in total. The second kappa shape index (κ2) is 3.91. The average molecular weight is 201 g/mol. The summed E-state index contributed by atoms with van der Waals surface area (Å²) in [6.07, 6.45) is 3.03. The Balaban J connectivity index is 3.00.